The number of benzene rings is 5. The minimum Gasteiger partial charge on any atom is -0.508 e. The van der Waals surface area contributed by atoms with Gasteiger partial charge < -0.3 is 73.6 Å². The molecule has 3 aliphatic rings. The van der Waals surface area contributed by atoms with Crippen LogP contribution in [-0.4, -0.2) is 189 Å². The van der Waals surface area contributed by atoms with Crippen molar-refractivity contribution in [3.05, 3.63) is 166 Å². The van der Waals surface area contributed by atoms with E-state index in [2.05, 4.69) is 31.9 Å². The van der Waals surface area contributed by atoms with Gasteiger partial charge in [0.05, 0.1) is 25.2 Å². The SMILES string of the molecule is N[C@@H](Cc1ccc(O)cc1)C(=O)N[C@@H]1CSCc2ccccc2CSC[C@@H](NC(=O)[C@@H](N)Cc2ccc(O)cc2)C(=O)NCC(=O)N[C@@H](Cc2ccc(F)cc2)C(=O)N2CCN(CC2)C(=O)[C@H](Cc2ccc(F)cc2)NC(=O)CNC1=O.O=C(O)C(F)(F)F.O=C(O)C(F)(F)F. The Kier molecular flexibility index (Phi) is 29.7. The molecular formula is C62H68F8N10O14S2. The third-order valence-corrected chi connectivity index (χ3v) is 16.3. The molecule has 1 saturated heterocycles. The Morgan fingerprint density at radius 1 is 0.510 bits per heavy atom. The predicted molar refractivity (Wildman–Crippen MR) is 333 cm³/mol. The number of piperazine rings is 1. The lowest BCUT2D eigenvalue weighted by Crippen LogP contribution is -2.60. The van der Waals surface area contributed by atoms with Gasteiger partial charge in [0.25, 0.3) is 0 Å². The number of rotatable bonds is 12. The molecule has 3 heterocycles. The number of carboxylic acid groups (broad SMARTS) is 2. The van der Waals surface area contributed by atoms with Crippen LogP contribution in [-0.2, 0) is 85.1 Å². The van der Waals surface area contributed by atoms with Gasteiger partial charge in [0.15, 0.2) is 0 Å². The van der Waals surface area contributed by atoms with E-state index in [4.69, 9.17) is 31.3 Å². The van der Waals surface area contributed by atoms with Crippen molar-refractivity contribution in [2.75, 3.05) is 50.8 Å². The molecule has 2 bridgehead atoms. The summed E-state index contributed by atoms with van der Waals surface area (Å²) in [6, 6.07) is 23.3. The van der Waals surface area contributed by atoms with Crippen LogP contribution in [0.3, 0.4) is 0 Å². The van der Waals surface area contributed by atoms with E-state index in [9.17, 15) is 83.7 Å². The molecule has 0 aliphatic carbocycles. The highest BCUT2D eigenvalue weighted by Gasteiger charge is 2.39. The summed E-state index contributed by atoms with van der Waals surface area (Å²) in [6.45, 7) is -1.26. The smallest absolute Gasteiger partial charge is 0.490 e. The molecule has 0 unspecified atom stereocenters. The molecule has 6 atom stereocenters. The van der Waals surface area contributed by atoms with Crippen LogP contribution in [0.1, 0.15) is 33.4 Å². The van der Waals surface area contributed by atoms with E-state index in [1.807, 2.05) is 24.3 Å². The fraction of sp³-hybridized carbons (Fsp3) is 0.355. The van der Waals surface area contributed by atoms with Gasteiger partial charge in [0.1, 0.15) is 47.3 Å². The van der Waals surface area contributed by atoms with E-state index in [0.717, 1.165) is 11.1 Å². The van der Waals surface area contributed by atoms with E-state index < -0.39 is 133 Å². The summed E-state index contributed by atoms with van der Waals surface area (Å²) >= 11 is 2.60. The number of amides is 8. The van der Waals surface area contributed by atoms with Crippen molar-refractivity contribution in [3.63, 3.8) is 0 Å². The molecule has 0 radical (unpaired) electrons. The number of halogens is 8. The second-order valence-corrected chi connectivity index (χ2v) is 23.5. The summed E-state index contributed by atoms with van der Waals surface area (Å²) in [5.41, 5.74) is 16.6. The third-order valence-electron chi connectivity index (χ3n) is 14.1. The lowest BCUT2D eigenvalue weighted by molar-refractivity contribution is -0.193. The highest BCUT2D eigenvalue weighted by Crippen LogP contribution is 2.24. The van der Waals surface area contributed by atoms with Crippen molar-refractivity contribution in [2.24, 2.45) is 11.5 Å². The van der Waals surface area contributed by atoms with E-state index in [-0.39, 0.29) is 74.9 Å². The van der Waals surface area contributed by atoms with Crippen LogP contribution in [0.2, 0.25) is 0 Å². The van der Waals surface area contributed by atoms with Gasteiger partial charge in [-0.3, -0.25) is 38.4 Å². The largest absolute Gasteiger partial charge is 0.508 e. The molecule has 0 spiro atoms. The topological polar surface area (TPSA) is 382 Å². The second-order valence-electron chi connectivity index (χ2n) is 21.5. The number of hydrogen-bond acceptors (Lipinski definition) is 16. The number of alkyl halides is 6. The number of nitrogens with zero attached hydrogens (tertiary/aromatic N) is 2. The molecule has 8 amide bonds. The summed E-state index contributed by atoms with van der Waals surface area (Å²) < 4.78 is 91.5. The number of aromatic hydroxyl groups is 2. The number of nitrogens with one attached hydrogen (secondary N) is 6. The third kappa shape index (κ3) is 26.3. The number of phenols is 2. The van der Waals surface area contributed by atoms with E-state index in [1.54, 1.807) is 24.3 Å². The number of thioether (sulfide) groups is 2. The average molecular weight is 1390 g/mol. The van der Waals surface area contributed by atoms with Crippen LogP contribution >= 0.6 is 23.5 Å². The van der Waals surface area contributed by atoms with E-state index in [0.29, 0.717) is 33.8 Å². The number of carbonyl (C=O) groups excluding carboxylic acids is 8. The number of fused-ring (bicyclic) bond motifs is 22. The maximum absolute atomic E-state index is 14.4. The molecule has 24 nitrogen and oxygen atoms in total. The fourth-order valence-corrected chi connectivity index (χ4v) is 11.2. The van der Waals surface area contributed by atoms with Gasteiger partial charge in [-0.05, 0) is 94.8 Å². The maximum Gasteiger partial charge on any atom is 0.490 e. The highest BCUT2D eigenvalue weighted by molar-refractivity contribution is 7.99. The number of carbonyl (C=O) groups is 10. The summed E-state index contributed by atoms with van der Waals surface area (Å²) in [5, 5.41) is 49.8. The Hall–Kier alpha value is -9.54. The molecule has 3 aliphatic heterocycles. The zero-order chi connectivity index (χ0) is 70.9. The first kappa shape index (κ1) is 77.2. The summed E-state index contributed by atoms with van der Waals surface area (Å²) in [6.07, 6.45) is -10.2. The molecule has 518 valence electrons. The Morgan fingerprint density at radius 2 is 0.812 bits per heavy atom. The van der Waals surface area contributed by atoms with E-state index in [1.165, 1.54) is 106 Å². The number of aliphatic carboxylic acids is 2. The Bertz CT molecular complexity index is 3260. The molecule has 5 aromatic rings. The average Bonchev–Trinajstić information content (AvgIpc) is 0.871. The van der Waals surface area contributed by atoms with Gasteiger partial charge >= 0.3 is 24.3 Å². The first-order chi connectivity index (χ1) is 45.2. The molecule has 5 aromatic carbocycles. The van der Waals surface area contributed by atoms with Crippen molar-refractivity contribution in [1.82, 2.24) is 41.7 Å². The van der Waals surface area contributed by atoms with Crippen LogP contribution in [0.4, 0.5) is 35.1 Å². The Morgan fingerprint density at radius 3 is 1.11 bits per heavy atom. The van der Waals surface area contributed by atoms with Crippen molar-refractivity contribution in [1.29, 1.82) is 0 Å². The van der Waals surface area contributed by atoms with Crippen molar-refractivity contribution in [3.8, 4) is 11.5 Å². The molecule has 1 fully saturated rings. The molecule has 8 rings (SSSR count). The molecule has 96 heavy (non-hydrogen) atoms. The molecule has 34 heteroatoms. The zero-order valence-electron chi connectivity index (χ0n) is 50.7. The Labute approximate surface area is 551 Å². The fourth-order valence-electron chi connectivity index (χ4n) is 9.07. The summed E-state index contributed by atoms with van der Waals surface area (Å²) in [4.78, 5) is 132. The lowest BCUT2D eigenvalue weighted by Gasteiger charge is -2.38. The first-order valence-electron chi connectivity index (χ1n) is 29.0. The maximum atomic E-state index is 14.4. The minimum absolute atomic E-state index is 0.00595. The van der Waals surface area contributed by atoms with Gasteiger partial charge in [0.2, 0.25) is 47.3 Å². The normalized spacial score (nSPS) is 18.9. The van der Waals surface area contributed by atoms with E-state index >= 15 is 0 Å². The molecule has 0 saturated carbocycles. The van der Waals surface area contributed by atoms with Crippen LogP contribution in [0.15, 0.2) is 121 Å². The van der Waals surface area contributed by atoms with Gasteiger partial charge in [-0.2, -0.15) is 49.9 Å². The predicted octanol–water partition coefficient (Wildman–Crippen LogP) is 2.59. The highest BCUT2D eigenvalue weighted by atomic mass is 32.2. The molecule has 0 aromatic heterocycles. The number of nitrogens with two attached hydrogens (primary N) is 2. The van der Waals surface area contributed by atoms with Crippen LogP contribution < -0.4 is 43.4 Å². The van der Waals surface area contributed by atoms with Crippen molar-refractivity contribution < 1.29 is 103 Å². The first-order valence-corrected chi connectivity index (χ1v) is 31.3. The number of hydrogen-bond donors (Lipinski definition) is 12. The molecule has 14 N–H and O–H groups in total. The standard InChI is InChI=1S/C58H66F2N10O10S2.2C2HF3O2/c59-41-13-5-37(6-14-41)27-47-57(79)69-21-23-70(24-22-69)58(80)48(28-38-7-15-42(60)16-8-38)66-52(74)30-64-56(78)50(68-54(76)46(62)26-36-11-19-44(72)20-12-36)34-82-32-40-4-2-1-3-39(40)31-81-33-49(55(77)63-29-51(73)65-47)67-53(75)45(61)25-35-9-17-43(71)18-10-35;2*3-2(4,5)1(6)7/h1-20,45-50,71-72H,21-34,61-62H2,(H,63,77)(H,64,78)(H,65,73)(H,66,74)(H,67,75)(H,68,76);2*(H,6,7)/t45-,46-,47-,48-,49+,50+;;/m0../s1. The quantitative estimate of drug-likeness (QED) is 0.0799. The van der Waals surface area contributed by atoms with Crippen molar-refractivity contribution >= 4 is 82.7 Å². The monoisotopic (exact) mass is 1390 g/mol. The van der Waals surface area contributed by atoms with Gasteiger partial charge in [0, 0.05) is 62.0 Å². The van der Waals surface area contributed by atoms with Crippen LogP contribution in [0, 0.1) is 11.6 Å². The lowest BCUT2D eigenvalue weighted by atomic mass is 10.0. The van der Waals surface area contributed by atoms with Gasteiger partial charge in [-0.1, -0.05) is 72.8 Å². The zero-order valence-corrected chi connectivity index (χ0v) is 52.3. The van der Waals surface area contributed by atoms with Crippen LogP contribution in [0.25, 0.3) is 0 Å². The number of phenolic OH excluding ortho intramolecular Hbond substituents is 2. The van der Waals surface area contributed by atoms with Crippen LogP contribution in [0.5, 0.6) is 11.5 Å². The Balaban J connectivity index is 0.00000107. The summed E-state index contributed by atoms with van der Waals surface area (Å²) in [7, 11) is 0. The van der Waals surface area contributed by atoms with Gasteiger partial charge in [-0.15, -0.1) is 0 Å². The minimum atomic E-state index is -5.08. The van der Waals surface area contributed by atoms with Gasteiger partial charge in [-0.25, -0.2) is 18.4 Å². The number of carboxylic acids is 2. The molecular weight excluding hydrogens is 1320 g/mol. The second kappa shape index (κ2) is 36.9. The summed E-state index contributed by atoms with van der Waals surface area (Å²) in [5.74, 6) is -11.2. The van der Waals surface area contributed by atoms with Crippen molar-refractivity contribution in [2.45, 2.75) is 85.8 Å².